The van der Waals surface area contributed by atoms with Gasteiger partial charge in [0.05, 0.1) is 18.0 Å². The number of aromatic amines is 1. The Morgan fingerprint density at radius 3 is 3.00 bits per heavy atom. The van der Waals surface area contributed by atoms with E-state index >= 15 is 0 Å². The highest BCUT2D eigenvalue weighted by atomic mass is 16.3. The second kappa shape index (κ2) is 3.36. The van der Waals surface area contributed by atoms with Gasteiger partial charge in [0, 0.05) is 6.42 Å². The van der Waals surface area contributed by atoms with Crippen molar-refractivity contribution in [3.05, 3.63) is 22.2 Å². The van der Waals surface area contributed by atoms with Crippen molar-refractivity contribution in [2.24, 2.45) is 0 Å². The number of H-pyrrole nitrogens is 1. The number of hydrogen-bond acceptors (Lipinski definition) is 4. The van der Waals surface area contributed by atoms with Gasteiger partial charge in [0.25, 0.3) is 5.56 Å². The van der Waals surface area contributed by atoms with Gasteiger partial charge in [-0.2, -0.15) is 0 Å². The maximum absolute atomic E-state index is 11.1. The van der Waals surface area contributed by atoms with E-state index in [0.717, 1.165) is 0 Å². The van der Waals surface area contributed by atoms with E-state index in [-0.39, 0.29) is 17.8 Å². The van der Waals surface area contributed by atoms with Gasteiger partial charge in [-0.25, -0.2) is 4.98 Å². The summed E-state index contributed by atoms with van der Waals surface area (Å²) in [5, 5.41) is 9.02. The fourth-order valence-electron chi connectivity index (χ4n) is 0.934. The smallest absolute Gasteiger partial charge is 0.256 e. The Morgan fingerprint density at radius 1 is 1.83 bits per heavy atom. The van der Waals surface area contributed by atoms with Crippen molar-refractivity contribution >= 4 is 5.82 Å². The van der Waals surface area contributed by atoms with Crippen molar-refractivity contribution in [1.29, 1.82) is 0 Å². The Morgan fingerprint density at radius 2 is 2.50 bits per heavy atom. The van der Waals surface area contributed by atoms with E-state index in [4.69, 9.17) is 10.8 Å². The molecule has 0 aliphatic rings. The van der Waals surface area contributed by atoms with Crippen LogP contribution in [0.2, 0.25) is 0 Å². The Balaban J connectivity index is 3.05. The van der Waals surface area contributed by atoms with Crippen LogP contribution in [0.25, 0.3) is 0 Å². The summed E-state index contributed by atoms with van der Waals surface area (Å²) in [5.41, 5.74) is 5.48. The van der Waals surface area contributed by atoms with Crippen molar-refractivity contribution in [1.82, 2.24) is 9.97 Å². The fourth-order valence-corrected chi connectivity index (χ4v) is 0.934. The van der Waals surface area contributed by atoms with Crippen molar-refractivity contribution in [2.75, 3.05) is 5.73 Å². The van der Waals surface area contributed by atoms with E-state index in [1.807, 2.05) is 0 Å². The largest absolute Gasteiger partial charge is 0.393 e. The van der Waals surface area contributed by atoms with Gasteiger partial charge in [-0.15, -0.1) is 0 Å². The van der Waals surface area contributed by atoms with Crippen molar-refractivity contribution < 1.29 is 5.11 Å². The average Bonchev–Trinajstić information content (AvgIpc) is 1.97. The molecule has 0 spiro atoms. The fraction of sp³-hybridized carbons (Fsp3) is 0.429. The number of nitrogen functional groups attached to an aromatic ring is 1. The number of anilines is 1. The number of aliphatic hydroxyl groups is 1. The Hall–Kier alpha value is -1.36. The molecule has 12 heavy (non-hydrogen) atoms. The van der Waals surface area contributed by atoms with Crippen molar-refractivity contribution in [2.45, 2.75) is 19.4 Å². The van der Waals surface area contributed by atoms with Crippen LogP contribution >= 0.6 is 0 Å². The number of nitrogens with one attached hydrogen (secondary N) is 1. The van der Waals surface area contributed by atoms with Crippen LogP contribution in [0.5, 0.6) is 0 Å². The highest BCUT2D eigenvalue weighted by Gasteiger charge is 2.07. The third-order valence-electron chi connectivity index (χ3n) is 1.48. The number of hydrogen-bond donors (Lipinski definition) is 3. The average molecular weight is 169 g/mol. The summed E-state index contributed by atoms with van der Waals surface area (Å²) in [4.78, 5) is 17.2. The minimum Gasteiger partial charge on any atom is -0.393 e. The molecule has 0 saturated carbocycles. The van der Waals surface area contributed by atoms with E-state index in [1.54, 1.807) is 6.92 Å². The van der Waals surface area contributed by atoms with Gasteiger partial charge in [0.2, 0.25) is 0 Å². The zero-order valence-electron chi connectivity index (χ0n) is 6.74. The molecular weight excluding hydrogens is 158 g/mol. The second-order valence-corrected chi connectivity index (χ2v) is 2.65. The van der Waals surface area contributed by atoms with Gasteiger partial charge in [0.15, 0.2) is 0 Å². The molecule has 1 rings (SSSR count). The van der Waals surface area contributed by atoms with Gasteiger partial charge < -0.3 is 15.8 Å². The number of aromatic nitrogens is 2. The molecule has 1 atom stereocenters. The Labute approximate surface area is 69.3 Å². The van der Waals surface area contributed by atoms with Crippen LogP contribution in [0, 0.1) is 0 Å². The van der Waals surface area contributed by atoms with Crippen molar-refractivity contribution in [3.8, 4) is 0 Å². The molecule has 66 valence electrons. The number of nitrogens with zero attached hydrogens (tertiary/aromatic N) is 1. The topological polar surface area (TPSA) is 92.0 Å². The Kier molecular flexibility index (Phi) is 2.44. The SMILES string of the molecule is CC(O)Cc1c(N)nc[nH]c1=O. The summed E-state index contributed by atoms with van der Waals surface area (Å²) >= 11 is 0. The molecule has 5 heteroatoms. The molecule has 1 unspecified atom stereocenters. The molecule has 0 fully saturated rings. The van der Waals surface area contributed by atoms with Crippen LogP contribution in [0.3, 0.4) is 0 Å². The molecule has 1 aromatic rings. The predicted molar refractivity (Wildman–Crippen MR) is 44.7 cm³/mol. The summed E-state index contributed by atoms with van der Waals surface area (Å²) in [6, 6.07) is 0. The third kappa shape index (κ3) is 1.82. The van der Waals surface area contributed by atoms with Gasteiger partial charge in [0.1, 0.15) is 5.82 Å². The minimum atomic E-state index is -0.586. The lowest BCUT2D eigenvalue weighted by Gasteiger charge is -2.04. The van der Waals surface area contributed by atoms with E-state index in [0.29, 0.717) is 5.56 Å². The minimum absolute atomic E-state index is 0.180. The second-order valence-electron chi connectivity index (χ2n) is 2.65. The maximum Gasteiger partial charge on any atom is 0.256 e. The van der Waals surface area contributed by atoms with Crippen molar-refractivity contribution in [3.63, 3.8) is 0 Å². The van der Waals surface area contributed by atoms with Crippen LogP contribution in [0.1, 0.15) is 12.5 Å². The molecule has 0 saturated heterocycles. The molecule has 0 aliphatic carbocycles. The first kappa shape index (κ1) is 8.73. The molecule has 0 amide bonds. The normalized spacial score (nSPS) is 12.8. The summed E-state index contributed by atoms with van der Waals surface area (Å²) < 4.78 is 0. The summed E-state index contributed by atoms with van der Waals surface area (Å²) in [6.45, 7) is 1.59. The zero-order valence-corrected chi connectivity index (χ0v) is 6.74. The zero-order chi connectivity index (χ0) is 9.14. The first-order chi connectivity index (χ1) is 5.61. The van der Waals surface area contributed by atoms with Crippen LogP contribution in [-0.4, -0.2) is 21.2 Å². The number of aliphatic hydroxyl groups excluding tert-OH is 1. The van der Waals surface area contributed by atoms with Crippen LogP contribution in [-0.2, 0) is 6.42 Å². The van der Waals surface area contributed by atoms with E-state index in [9.17, 15) is 4.79 Å². The molecule has 1 aromatic heterocycles. The lowest BCUT2D eigenvalue weighted by molar-refractivity contribution is 0.195. The molecule has 1 heterocycles. The number of nitrogens with two attached hydrogens (primary N) is 1. The standard InChI is InChI=1S/C7H11N3O2/c1-4(11)2-5-6(8)9-3-10-7(5)12/h3-4,11H,2H2,1H3,(H3,8,9,10,12). The molecule has 0 radical (unpaired) electrons. The molecule has 5 nitrogen and oxygen atoms in total. The van der Waals surface area contributed by atoms with Gasteiger partial charge in [-0.1, -0.05) is 0 Å². The van der Waals surface area contributed by atoms with E-state index in [1.165, 1.54) is 6.33 Å². The molecule has 4 N–H and O–H groups in total. The highest BCUT2D eigenvalue weighted by Crippen LogP contribution is 2.03. The summed E-state index contributed by atoms with van der Waals surface area (Å²) in [6.07, 6.45) is 0.885. The molecular formula is C7H11N3O2. The Bertz CT molecular complexity index is 319. The quantitative estimate of drug-likeness (QED) is 0.544. The monoisotopic (exact) mass is 169 g/mol. The first-order valence-corrected chi connectivity index (χ1v) is 3.61. The predicted octanol–water partition coefficient (Wildman–Crippen LogP) is -0.725. The van der Waals surface area contributed by atoms with Crippen LogP contribution in [0.15, 0.2) is 11.1 Å². The third-order valence-corrected chi connectivity index (χ3v) is 1.48. The molecule has 0 aromatic carbocycles. The van der Waals surface area contributed by atoms with Crippen LogP contribution in [0.4, 0.5) is 5.82 Å². The highest BCUT2D eigenvalue weighted by molar-refractivity contribution is 5.36. The lowest BCUT2D eigenvalue weighted by Crippen LogP contribution is -2.20. The lowest BCUT2D eigenvalue weighted by atomic mass is 10.1. The maximum atomic E-state index is 11.1. The molecule has 0 bridgehead atoms. The first-order valence-electron chi connectivity index (χ1n) is 3.61. The van der Waals surface area contributed by atoms with Gasteiger partial charge >= 0.3 is 0 Å². The van der Waals surface area contributed by atoms with Gasteiger partial charge in [-0.05, 0) is 6.92 Å². The summed E-state index contributed by atoms with van der Waals surface area (Å²) in [5.74, 6) is 0.180. The van der Waals surface area contributed by atoms with E-state index in [2.05, 4.69) is 9.97 Å². The number of rotatable bonds is 2. The van der Waals surface area contributed by atoms with Gasteiger partial charge in [-0.3, -0.25) is 4.79 Å². The molecule has 0 aliphatic heterocycles. The van der Waals surface area contributed by atoms with E-state index < -0.39 is 6.10 Å². The van der Waals surface area contributed by atoms with Crippen LogP contribution < -0.4 is 11.3 Å². The summed E-state index contributed by atoms with van der Waals surface area (Å²) in [7, 11) is 0.